The molecule has 182 valence electrons. The van der Waals surface area contributed by atoms with Crippen molar-refractivity contribution in [3.63, 3.8) is 0 Å². The zero-order valence-corrected chi connectivity index (χ0v) is 21.4. The van der Waals surface area contributed by atoms with E-state index >= 15 is 0 Å². The van der Waals surface area contributed by atoms with Gasteiger partial charge in [0.1, 0.15) is 12.4 Å². The SMILES string of the molecule is COc1ccc(C(=O)NCC(=O)N/N=C/c2ccc(OCc3ccccc3Cl)c(Br)c2)cc1OC. The number of nitrogens with zero attached hydrogens (tertiary/aromatic N) is 1. The Labute approximate surface area is 216 Å². The Hall–Kier alpha value is -3.56. The van der Waals surface area contributed by atoms with Gasteiger partial charge in [0.05, 0.1) is 31.5 Å². The van der Waals surface area contributed by atoms with Gasteiger partial charge in [-0.1, -0.05) is 29.8 Å². The molecule has 0 spiro atoms. The molecule has 3 aromatic carbocycles. The normalized spacial score (nSPS) is 10.6. The minimum atomic E-state index is -0.478. The van der Waals surface area contributed by atoms with Crippen LogP contribution in [0.25, 0.3) is 0 Å². The van der Waals surface area contributed by atoms with E-state index in [1.807, 2.05) is 24.3 Å². The van der Waals surface area contributed by atoms with Crippen molar-refractivity contribution in [3.8, 4) is 17.2 Å². The quantitative estimate of drug-likeness (QED) is 0.279. The molecule has 0 radical (unpaired) electrons. The Kier molecular flexibility index (Phi) is 9.51. The van der Waals surface area contributed by atoms with E-state index < -0.39 is 11.8 Å². The third-order valence-electron chi connectivity index (χ3n) is 4.76. The van der Waals surface area contributed by atoms with Gasteiger partial charge >= 0.3 is 0 Å². The van der Waals surface area contributed by atoms with Gasteiger partial charge in [-0.15, -0.1) is 0 Å². The zero-order chi connectivity index (χ0) is 25.2. The fourth-order valence-corrected chi connectivity index (χ4v) is 3.65. The highest BCUT2D eigenvalue weighted by Crippen LogP contribution is 2.28. The number of rotatable bonds is 10. The largest absolute Gasteiger partial charge is 0.493 e. The second kappa shape index (κ2) is 12.8. The maximum absolute atomic E-state index is 12.3. The van der Waals surface area contributed by atoms with Gasteiger partial charge in [-0.3, -0.25) is 9.59 Å². The van der Waals surface area contributed by atoms with Crippen LogP contribution in [0.2, 0.25) is 5.02 Å². The number of hydrazone groups is 1. The summed E-state index contributed by atoms with van der Waals surface area (Å²) in [5.41, 5.74) is 4.32. The molecule has 0 aromatic heterocycles. The Morgan fingerprint density at radius 2 is 1.74 bits per heavy atom. The highest BCUT2D eigenvalue weighted by atomic mass is 79.9. The molecule has 0 aliphatic rings. The van der Waals surface area contributed by atoms with Crippen molar-refractivity contribution < 1.29 is 23.8 Å². The van der Waals surface area contributed by atoms with Gasteiger partial charge in [-0.2, -0.15) is 5.10 Å². The number of ether oxygens (including phenoxy) is 3. The van der Waals surface area contributed by atoms with Gasteiger partial charge in [0.15, 0.2) is 11.5 Å². The summed E-state index contributed by atoms with van der Waals surface area (Å²) in [5.74, 6) is 0.655. The lowest BCUT2D eigenvalue weighted by atomic mass is 10.2. The first-order valence-electron chi connectivity index (χ1n) is 10.4. The van der Waals surface area contributed by atoms with E-state index in [1.54, 1.807) is 30.3 Å². The minimum absolute atomic E-state index is 0.247. The summed E-state index contributed by atoms with van der Waals surface area (Å²) in [6.45, 7) is 0.0832. The number of methoxy groups -OCH3 is 2. The van der Waals surface area contributed by atoms with Crippen LogP contribution in [0.1, 0.15) is 21.5 Å². The summed E-state index contributed by atoms with van der Waals surface area (Å²) < 4.78 is 16.9. The number of benzene rings is 3. The lowest BCUT2D eigenvalue weighted by Gasteiger charge is -2.10. The number of nitrogens with one attached hydrogen (secondary N) is 2. The molecule has 3 aromatic rings. The van der Waals surface area contributed by atoms with Crippen LogP contribution in [-0.2, 0) is 11.4 Å². The second-order valence-corrected chi connectivity index (χ2v) is 8.38. The zero-order valence-electron chi connectivity index (χ0n) is 19.0. The van der Waals surface area contributed by atoms with E-state index in [-0.39, 0.29) is 6.54 Å². The molecule has 0 bridgehead atoms. The molecule has 0 aliphatic heterocycles. The van der Waals surface area contributed by atoms with E-state index in [0.717, 1.165) is 15.6 Å². The summed E-state index contributed by atoms with van der Waals surface area (Å²) in [5, 5.41) is 7.10. The highest BCUT2D eigenvalue weighted by Gasteiger charge is 2.12. The molecule has 2 amide bonds. The second-order valence-electron chi connectivity index (χ2n) is 7.12. The predicted molar refractivity (Wildman–Crippen MR) is 138 cm³/mol. The number of amides is 2. The van der Waals surface area contributed by atoms with Crippen molar-refractivity contribution in [1.82, 2.24) is 10.7 Å². The van der Waals surface area contributed by atoms with Gasteiger partial charge in [-0.25, -0.2) is 5.43 Å². The molecule has 3 rings (SSSR count). The molecule has 0 saturated carbocycles. The molecular formula is C25H23BrClN3O5. The van der Waals surface area contributed by atoms with E-state index in [1.165, 1.54) is 26.5 Å². The average Bonchev–Trinajstić information content (AvgIpc) is 2.87. The summed E-state index contributed by atoms with van der Waals surface area (Å²) in [6.07, 6.45) is 1.48. The molecular weight excluding hydrogens is 538 g/mol. The van der Waals surface area contributed by atoms with Crippen molar-refractivity contribution in [1.29, 1.82) is 0 Å². The van der Waals surface area contributed by atoms with Crippen molar-refractivity contribution in [2.24, 2.45) is 5.10 Å². The number of hydrogen-bond acceptors (Lipinski definition) is 6. The maximum Gasteiger partial charge on any atom is 0.259 e. The topological polar surface area (TPSA) is 98.2 Å². The molecule has 2 N–H and O–H groups in total. The molecule has 0 saturated heterocycles. The lowest BCUT2D eigenvalue weighted by Crippen LogP contribution is -2.34. The van der Waals surface area contributed by atoms with Crippen molar-refractivity contribution in [2.45, 2.75) is 6.61 Å². The van der Waals surface area contributed by atoms with E-state index in [2.05, 4.69) is 31.8 Å². The van der Waals surface area contributed by atoms with Crippen LogP contribution in [0.15, 0.2) is 70.2 Å². The summed E-state index contributed by atoms with van der Waals surface area (Å²) >= 11 is 9.63. The standard InChI is InChI=1S/C25H23BrClN3O5/c1-33-22-10-8-17(12-23(22)34-2)25(32)28-14-24(31)30-29-13-16-7-9-21(19(26)11-16)35-15-18-5-3-4-6-20(18)27/h3-13H,14-15H2,1-2H3,(H,28,32)(H,30,31)/b29-13+. The molecule has 0 heterocycles. The predicted octanol–water partition coefficient (Wildman–Crippen LogP) is 4.58. The molecule has 0 aliphatic carbocycles. The molecule has 8 nitrogen and oxygen atoms in total. The van der Waals surface area contributed by atoms with Gasteiger partial charge in [0.25, 0.3) is 11.8 Å². The Morgan fingerprint density at radius 3 is 2.46 bits per heavy atom. The fourth-order valence-electron chi connectivity index (χ4n) is 2.94. The summed E-state index contributed by atoms with van der Waals surface area (Å²) in [7, 11) is 2.98. The van der Waals surface area contributed by atoms with Crippen LogP contribution in [-0.4, -0.2) is 38.8 Å². The first kappa shape index (κ1) is 26.1. The van der Waals surface area contributed by atoms with Crippen LogP contribution in [0, 0.1) is 0 Å². The molecule has 0 atom stereocenters. The van der Waals surface area contributed by atoms with Gasteiger partial charge in [-0.05, 0) is 64.0 Å². The number of carbonyl (C=O) groups is 2. The van der Waals surface area contributed by atoms with Crippen LogP contribution < -0.4 is 25.0 Å². The number of carbonyl (C=O) groups excluding carboxylic acids is 2. The maximum atomic E-state index is 12.3. The van der Waals surface area contributed by atoms with Gasteiger partial charge < -0.3 is 19.5 Å². The third-order valence-corrected chi connectivity index (χ3v) is 5.74. The van der Waals surface area contributed by atoms with Crippen LogP contribution in [0.4, 0.5) is 0 Å². The minimum Gasteiger partial charge on any atom is -0.493 e. The first-order valence-corrected chi connectivity index (χ1v) is 11.6. The van der Waals surface area contributed by atoms with Gasteiger partial charge in [0.2, 0.25) is 0 Å². The lowest BCUT2D eigenvalue weighted by molar-refractivity contribution is -0.120. The van der Waals surface area contributed by atoms with E-state index in [4.69, 9.17) is 25.8 Å². The summed E-state index contributed by atoms with van der Waals surface area (Å²) in [4.78, 5) is 24.3. The monoisotopic (exact) mass is 559 g/mol. The van der Waals surface area contributed by atoms with Crippen molar-refractivity contribution in [2.75, 3.05) is 20.8 Å². The Balaban J connectivity index is 1.48. The summed E-state index contributed by atoms with van der Waals surface area (Å²) in [6, 6.07) is 17.6. The fraction of sp³-hybridized carbons (Fsp3) is 0.160. The van der Waals surface area contributed by atoms with Crippen LogP contribution in [0.5, 0.6) is 17.2 Å². The number of halogens is 2. The third kappa shape index (κ3) is 7.46. The smallest absolute Gasteiger partial charge is 0.259 e. The number of hydrogen-bond donors (Lipinski definition) is 2. The first-order chi connectivity index (χ1) is 16.9. The van der Waals surface area contributed by atoms with Crippen molar-refractivity contribution in [3.05, 3.63) is 86.8 Å². The molecule has 10 heteroatoms. The molecule has 0 unspecified atom stereocenters. The van der Waals surface area contributed by atoms with Crippen molar-refractivity contribution >= 4 is 45.6 Å². The van der Waals surface area contributed by atoms with E-state index in [0.29, 0.717) is 34.4 Å². The van der Waals surface area contributed by atoms with Crippen LogP contribution in [0.3, 0.4) is 0 Å². The molecule has 0 fully saturated rings. The average molecular weight is 561 g/mol. The van der Waals surface area contributed by atoms with E-state index in [9.17, 15) is 9.59 Å². The Bertz CT molecular complexity index is 1240. The van der Waals surface area contributed by atoms with Crippen LogP contribution >= 0.6 is 27.5 Å². The van der Waals surface area contributed by atoms with Gasteiger partial charge in [0, 0.05) is 16.1 Å². The highest BCUT2D eigenvalue weighted by molar-refractivity contribution is 9.10. The molecule has 35 heavy (non-hydrogen) atoms. The Morgan fingerprint density at radius 1 is 1.00 bits per heavy atom.